The Bertz CT molecular complexity index is 863. The molecule has 1 aliphatic heterocycles. The predicted molar refractivity (Wildman–Crippen MR) is 115 cm³/mol. The highest BCUT2D eigenvalue weighted by Gasteiger charge is 2.28. The number of nitrogens with one attached hydrogen (secondary N) is 1. The van der Waals surface area contributed by atoms with E-state index in [-0.39, 0.29) is 17.7 Å². The van der Waals surface area contributed by atoms with E-state index in [0.717, 1.165) is 22.4 Å². The zero-order valence-electron chi connectivity index (χ0n) is 17.5. The maximum atomic E-state index is 12.7. The maximum Gasteiger partial charge on any atom is 0.225 e. The van der Waals surface area contributed by atoms with Gasteiger partial charge in [-0.1, -0.05) is 56.3 Å². The van der Waals surface area contributed by atoms with E-state index in [9.17, 15) is 9.59 Å². The van der Waals surface area contributed by atoms with E-state index in [1.54, 1.807) is 7.11 Å². The van der Waals surface area contributed by atoms with Crippen LogP contribution < -0.4 is 10.1 Å². The summed E-state index contributed by atoms with van der Waals surface area (Å²) in [5.41, 5.74) is 3.14. The summed E-state index contributed by atoms with van der Waals surface area (Å²) in [6.45, 7) is 5.62. The zero-order valence-corrected chi connectivity index (χ0v) is 17.5. The van der Waals surface area contributed by atoms with Crippen molar-refractivity contribution in [1.29, 1.82) is 0 Å². The average molecular weight is 395 g/mol. The lowest BCUT2D eigenvalue weighted by Crippen LogP contribution is -2.37. The molecule has 0 aliphatic carbocycles. The third-order valence-corrected chi connectivity index (χ3v) is 5.31. The minimum Gasteiger partial charge on any atom is -0.496 e. The summed E-state index contributed by atoms with van der Waals surface area (Å²) in [5, 5.41) is 2.98. The first-order valence-corrected chi connectivity index (χ1v) is 10.3. The van der Waals surface area contributed by atoms with Gasteiger partial charge in [0.25, 0.3) is 0 Å². The number of carbonyl (C=O) groups excluding carboxylic acids is 2. The fourth-order valence-corrected chi connectivity index (χ4v) is 3.85. The van der Waals surface area contributed by atoms with E-state index in [4.69, 9.17) is 4.74 Å². The highest BCUT2D eigenvalue weighted by atomic mass is 16.5. The first kappa shape index (κ1) is 20.9. The Morgan fingerprint density at radius 2 is 1.83 bits per heavy atom. The topological polar surface area (TPSA) is 58.6 Å². The predicted octanol–water partition coefficient (Wildman–Crippen LogP) is 3.53. The smallest absolute Gasteiger partial charge is 0.225 e. The highest BCUT2D eigenvalue weighted by Crippen LogP contribution is 2.33. The van der Waals surface area contributed by atoms with Gasteiger partial charge in [-0.3, -0.25) is 9.59 Å². The SMILES string of the molecule is COc1ccccc1-c1ccccc1CC1CN(C(=O)CC(C)C)CCNC1=O. The molecule has 0 aromatic heterocycles. The van der Waals surface area contributed by atoms with Gasteiger partial charge in [0, 0.05) is 31.6 Å². The number of para-hydroxylation sites is 1. The number of hydrogen-bond acceptors (Lipinski definition) is 3. The lowest BCUT2D eigenvalue weighted by Gasteiger charge is -2.24. The summed E-state index contributed by atoms with van der Waals surface area (Å²) in [5.74, 6) is 0.974. The first-order valence-electron chi connectivity index (χ1n) is 10.3. The third kappa shape index (κ3) is 5.17. The van der Waals surface area contributed by atoms with Crippen molar-refractivity contribution in [1.82, 2.24) is 10.2 Å². The molecule has 1 unspecified atom stereocenters. The number of benzene rings is 2. The number of carbonyl (C=O) groups is 2. The Labute approximate surface area is 173 Å². The Morgan fingerprint density at radius 1 is 1.14 bits per heavy atom. The van der Waals surface area contributed by atoms with Crippen LogP contribution in [0.25, 0.3) is 11.1 Å². The molecule has 1 atom stereocenters. The van der Waals surface area contributed by atoms with Gasteiger partial charge < -0.3 is 15.0 Å². The van der Waals surface area contributed by atoms with Crippen LogP contribution in [0.5, 0.6) is 5.75 Å². The normalized spacial score (nSPS) is 17.0. The van der Waals surface area contributed by atoms with Gasteiger partial charge in [-0.2, -0.15) is 0 Å². The minimum absolute atomic E-state index is 0.0136. The molecule has 3 rings (SSSR count). The lowest BCUT2D eigenvalue weighted by molar-refractivity contribution is -0.132. The number of rotatable bonds is 6. The minimum atomic E-state index is -0.274. The van der Waals surface area contributed by atoms with Crippen LogP contribution in [0.15, 0.2) is 48.5 Å². The molecule has 1 aliphatic rings. The molecule has 1 N–H and O–H groups in total. The molecule has 0 spiro atoms. The van der Waals surface area contributed by atoms with Crippen molar-refractivity contribution in [2.75, 3.05) is 26.7 Å². The van der Waals surface area contributed by atoms with Crippen LogP contribution in [0.2, 0.25) is 0 Å². The molecule has 29 heavy (non-hydrogen) atoms. The summed E-state index contributed by atoms with van der Waals surface area (Å²) >= 11 is 0. The number of hydrogen-bond donors (Lipinski definition) is 1. The number of nitrogens with zero attached hydrogens (tertiary/aromatic N) is 1. The molecule has 5 nitrogen and oxygen atoms in total. The molecule has 1 heterocycles. The second-order valence-corrected chi connectivity index (χ2v) is 7.99. The van der Waals surface area contributed by atoms with E-state index in [1.807, 2.05) is 55.1 Å². The molecule has 1 saturated heterocycles. The van der Waals surface area contributed by atoms with Crippen LogP contribution in [-0.4, -0.2) is 43.5 Å². The second kappa shape index (κ2) is 9.59. The van der Waals surface area contributed by atoms with Crippen LogP contribution in [0.4, 0.5) is 0 Å². The van der Waals surface area contributed by atoms with Gasteiger partial charge in [0.1, 0.15) is 5.75 Å². The maximum absolute atomic E-state index is 12.7. The quantitative estimate of drug-likeness (QED) is 0.815. The van der Waals surface area contributed by atoms with Crippen molar-refractivity contribution in [2.24, 2.45) is 11.8 Å². The van der Waals surface area contributed by atoms with E-state index < -0.39 is 0 Å². The van der Waals surface area contributed by atoms with E-state index in [2.05, 4.69) is 17.4 Å². The van der Waals surface area contributed by atoms with E-state index in [0.29, 0.717) is 38.4 Å². The van der Waals surface area contributed by atoms with E-state index >= 15 is 0 Å². The lowest BCUT2D eigenvalue weighted by atomic mass is 9.91. The van der Waals surface area contributed by atoms with Gasteiger partial charge in [0.05, 0.1) is 13.0 Å². The van der Waals surface area contributed by atoms with Crippen LogP contribution in [-0.2, 0) is 16.0 Å². The highest BCUT2D eigenvalue weighted by molar-refractivity contribution is 5.83. The second-order valence-electron chi connectivity index (χ2n) is 7.99. The molecule has 0 radical (unpaired) electrons. The number of ether oxygens (including phenoxy) is 1. The molecular weight excluding hydrogens is 364 g/mol. The molecule has 154 valence electrons. The van der Waals surface area contributed by atoms with Crippen molar-refractivity contribution >= 4 is 11.8 Å². The van der Waals surface area contributed by atoms with Crippen LogP contribution in [0.3, 0.4) is 0 Å². The number of methoxy groups -OCH3 is 1. The zero-order chi connectivity index (χ0) is 20.8. The molecule has 0 saturated carbocycles. The summed E-state index contributed by atoms with van der Waals surface area (Å²) in [7, 11) is 1.67. The third-order valence-electron chi connectivity index (χ3n) is 5.31. The summed E-state index contributed by atoms with van der Waals surface area (Å²) in [4.78, 5) is 27.2. The Hall–Kier alpha value is -2.82. The van der Waals surface area contributed by atoms with Crippen molar-refractivity contribution in [3.05, 3.63) is 54.1 Å². The summed E-state index contributed by atoms with van der Waals surface area (Å²) < 4.78 is 5.54. The van der Waals surface area contributed by atoms with E-state index in [1.165, 1.54) is 0 Å². The summed E-state index contributed by atoms with van der Waals surface area (Å²) in [6, 6.07) is 16.0. The fourth-order valence-electron chi connectivity index (χ4n) is 3.85. The van der Waals surface area contributed by atoms with Crippen LogP contribution in [0, 0.1) is 11.8 Å². The Balaban J connectivity index is 1.86. The fraction of sp³-hybridized carbons (Fsp3) is 0.417. The first-order chi connectivity index (χ1) is 14.0. The Kier molecular flexibility index (Phi) is 6.91. The molecular formula is C24H30N2O3. The van der Waals surface area contributed by atoms with Crippen molar-refractivity contribution < 1.29 is 14.3 Å². The Morgan fingerprint density at radius 3 is 2.55 bits per heavy atom. The standard InChI is InChI=1S/C24H30N2O3/c1-17(2)14-23(27)26-13-12-25-24(28)19(16-26)15-18-8-4-5-9-20(18)21-10-6-7-11-22(21)29-3/h4-11,17,19H,12-16H2,1-3H3,(H,25,28). The average Bonchev–Trinajstić information content (AvgIpc) is 2.89. The molecule has 2 aromatic carbocycles. The molecule has 5 heteroatoms. The molecule has 2 amide bonds. The van der Waals surface area contributed by atoms with Gasteiger partial charge in [-0.25, -0.2) is 0 Å². The van der Waals surface area contributed by atoms with Gasteiger partial charge in [0.15, 0.2) is 0 Å². The monoisotopic (exact) mass is 394 g/mol. The van der Waals surface area contributed by atoms with Gasteiger partial charge in [-0.05, 0) is 29.5 Å². The van der Waals surface area contributed by atoms with Gasteiger partial charge in [0.2, 0.25) is 11.8 Å². The molecule has 0 bridgehead atoms. The molecule has 1 fully saturated rings. The van der Waals surface area contributed by atoms with Crippen molar-refractivity contribution in [3.63, 3.8) is 0 Å². The summed E-state index contributed by atoms with van der Waals surface area (Å²) in [6.07, 6.45) is 1.09. The van der Waals surface area contributed by atoms with Crippen LogP contribution >= 0.6 is 0 Å². The van der Waals surface area contributed by atoms with Crippen LogP contribution in [0.1, 0.15) is 25.8 Å². The number of amides is 2. The van der Waals surface area contributed by atoms with Gasteiger partial charge >= 0.3 is 0 Å². The van der Waals surface area contributed by atoms with Crippen molar-refractivity contribution in [3.8, 4) is 16.9 Å². The van der Waals surface area contributed by atoms with Crippen molar-refractivity contribution in [2.45, 2.75) is 26.7 Å². The van der Waals surface area contributed by atoms with Gasteiger partial charge in [-0.15, -0.1) is 0 Å². The largest absolute Gasteiger partial charge is 0.496 e. The molecule has 2 aromatic rings.